The van der Waals surface area contributed by atoms with Crippen LogP contribution >= 0.6 is 0 Å². The summed E-state index contributed by atoms with van der Waals surface area (Å²) in [5.41, 5.74) is 4.44. The number of carbonyl (C=O) groups excluding carboxylic acids is 1. The Labute approximate surface area is 192 Å². The largest absolute Gasteiger partial charge is 0.497 e. The maximum Gasteiger partial charge on any atom is 0.286 e. The average molecular weight is 449 g/mol. The Bertz CT molecular complexity index is 1130. The van der Waals surface area contributed by atoms with Gasteiger partial charge in [-0.3, -0.25) is 10.2 Å². The van der Waals surface area contributed by atoms with E-state index in [4.69, 9.17) is 9.47 Å². The van der Waals surface area contributed by atoms with E-state index >= 15 is 0 Å². The van der Waals surface area contributed by atoms with E-state index < -0.39 is 0 Å². The molecule has 2 fully saturated rings. The van der Waals surface area contributed by atoms with Crippen LogP contribution in [0.3, 0.4) is 0 Å². The lowest BCUT2D eigenvalue weighted by Crippen LogP contribution is -2.48. The Kier molecular flexibility index (Phi) is 6.23. The van der Waals surface area contributed by atoms with Crippen LogP contribution in [0.2, 0.25) is 0 Å². The molecule has 0 bridgehead atoms. The van der Waals surface area contributed by atoms with Crippen LogP contribution < -0.4 is 20.0 Å². The lowest BCUT2D eigenvalue weighted by atomic mass is 10.1. The fraction of sp³-hybridized carbons (Fsp3) is 0.375. The molecule has 0 saturated carbocycles. The van der Waals surface area contributed by atoms with Crippen LogP contribution in [-0.4, -0.2) is 80.7 Å². The zero-order valence-corrected chi connectivity index (χ0v) is 18.7. The van der Waals surface area contributed by atoms with Crippen LogP contribution in [0.5, 0.6) is 5.75 Å². The lowest BCUT2D eigenvalue weighted by molar-refractivity contribution is 0.0125. The summed E-state index contributed by atoms with van der Waals surface area (Å²) in [7, 11) is 1.69. The second-order valence-corrected chi connectivity index (χ2v) is 8.13. The van der Waals surface area contributed by atoms with E-state index in [0.717, 1.165) is 54.2 Å². The van der Waals surface area contributed by atoms with E-state index in [1.54, 1.807) is 7.11 Å². The predicted molar refractivity (Wildman–Crippen MR) is 127 cm³/mol. The van der Waals surface area contributed by atoms with Gasteiger partial charge in [-0.25, -0.2) is 5.01 Å². The van der Waals surface area contributed by atoms with Crippen molar-refractivity contribution in [1.82, 2.24) is 20.6 Å². The van der Waals surface area contributed by atoms with Gasteiger partial charge in [-0.2, -0.15) is 0 Å². The van der Waals surface area contributed by atoms with Crippen molar-refractivity contribution in [3.63, 3.8) is 0 Å². The van der Waals surface area contributed by atoms with Gasteiger partial charge in [0.2, 0.25) is 0 Å². The fourth-order valence-electron chi connectivity index (χ4n) is 4.35. The molecule has 9 nitrogen and oxygen atoms in total. The van der Waals surface area contributed by atoms with Crippen LogP contribution in [0, 0.1) is 0 Å². The molecule has 172 valence electrons. The second kappa shape index (κ2) is 9.60. The van der Waals surface area contributed by atoms with Gasteiger partial charge in [-0.15, -0.1) is 10.2 Å². The van der Waals surface area contributed by atoms with Crippen LogP contribution in [0.25, 0.3) is 10.8 Å². The highest BCUT2D eigenvalue weighted by atomic mass is 16.5. The summed E-state index contributed by atoms with van der Waals surface area (Å²) in [6.07, 6.45) is 0. The topological polar surface area (TPSA) is 83.1 Å². The number of hydrogen-bond donors (Lipinski definition) is 1. The van der Waals surface area contributed by atoms with E-state index in [1.165, 1.54) is 0 Å². The minimum absolute atomic E-state index is 0.241. The van der Waals surface area contributed by atoms with E-state index in [2.05, 4.69) is 37.6 Å². The van der Waals surface area contributed by atoms with E-state index in [0.29, 0.717) is 32.0 Å². The highest BCUT2D eigenvalue weighted by Crippen LogP contribution is 2.28. The first-order valence-corrected chi connectivity index (χ1v) is 11.3. The molecular formula is C24H28N6O3. The molecule has 2 saturated heterocycles. The van der Waals surface area contributed by atoms with Crippen molar-refractivity contribution in [2.75, 3.05) is 69.4 Å². The monoisotopic (exact) mass is 448 g/mol. The quantitative estimate of drug-likeness (QED) is 0.634. The number of rotatable bonds is 5. The van der Waals surface area contributed by atoms with E-state index in [9.17, 15) is 4.79 Å². The van der Waals surface area contributed by atoms with Crippen LogP contribution in [0.4, 0.5) is 11.5 Å². The first-order valence-electron chi connectivity index (χ1n) is 11.3. The average Bonchev–Trinajstić information content (AvgIpc) is 2.89. The number of nitrogens with zero attached hydrogens (tertiary/aromatic N) is 5. The van der Waals surface area contributed by atoms with Gasteiger partial charge in [0.15, 0.2) is 11.5 Å². The minimum Gasteiger partial charge on any atom is -0.497 e. The summed E-state index contributed by atoms with van der Waals surface area (Å²) in [6.45, 7) is 5.88. The van der Waals surface area contributed by atoms with Crippen molar-refractivity contribution in [3.8, 4) is 5.75 Å². The number of methoxy groups -OCH3 is 1. The number of ether oxygens (including phenoxy) is 2. The Morgan fingerprint density at radius 2 is 1.64 bits per heavy atom. The molecule has 0 aliphatic carbocycles. The predicted octanol–water partition coefficient (Wildman–Crippen LogP) is 1.94. The van der Waals surface area contributed by atoms with Crippen LogP contribution in [0.15, 0.2) is 48.5 Å². The summed E-state index contributed by atoms with van der Waals surface area (Å²) >= 11 is 0. The Balaban J connectivity index is 1.34. The van der Waals surface area contributed by atoms with Crippen molar-refractivity contribution >= 4 is 28.2 Å². The summed E-state index contributed by atoms with van der Waals surface area (Å²) < 4.78 is 10.7. The molecule has 3 heterocycles. The van der Waals surface area contributed by atoms with Gasteiger partial charge in [-0.1, -0.05) is 30.3 Å². The maximum atomic E-state index is 12.9. The zero-order valence-electron chi connectivity index (χ0n) is 18.7. The highest BCUT2D eigenvalue weighted by Gasteiger charge is 2.24. The Morgan fingerprint density at radius 3 is 2.39 bits per heavy atom. The third-order valence-electron chi connectivity index (χ3n) is 6.15. The zero-order chi connectivity index (χ0) is 22.6. The molecule has 0 spiro atoms. The summed E-state index contributed by atoms with van der Waals surface area (Å²) in [6, 6.07) is 16.0. The second-order valence-electron chi connectivity index (χ2n) is 8.13. The van der Waals surface area contributed by atoms with E-state index in [-0.39, 0.29) is 5.91 Å². The summed E-state index contributed by atoms with van der Waals surface area (Å²) in [5, 5.41) is 12.5. The summed E-state index contributed by atoms with van der Waals surface area (Å²) in [5.74, 6) is 1.44. The summed E-state index contributed by atoms with van der Waals surface area (Å²) in [4.78, 5) is 17.5. The fourth-order valence-corrected chi connectivity index (χ4v) is 4.35. The van der Waals surface area contributed by atoms with Crippen molar-refractivity contribution in [2.45, 2.75) is 0 Å². The van der Waals surface area contributed by atoms with Crippen LogP contribution in [-0.2, 0) is 4.74 Å². The van der Waals surface area contributed by atoms with Gasteiger partial charge in [0.05, 0.1) is 20.3 Å². The number of nitrogens with one attached hydrogen (secondary N) is 1. The lowest BCUT2D eigenvalue weighted by Gasteiger charge is -2.37. The number of hydrogen-bond acceptors (Lipinski definition) is 8. The third kappa shape index (κ3) is 4.55. The number of piperazine rings is 1. The van der Waals surface area contributed by atoms with Crippen molar-refractivity contribution < 1.29 is 14.3 Å². The smallest absolute Gasteiger partial charge is 0.286 e. The highest BCUT2D eigenvalue weighted by molar-refractivity contribution is 6.07. The molecule has 0 atom stereocenters. The molecule has 9 heteroatoms. The number of amides is 1. The standard InChI is InChI=1S/C24H28N6O3/c1-32-19-6-4-5-18(17-19)28-9-11-29(12-10-28)23-21-8-3-2-7-20(21)22(25-26-23)24(31)27-30-13-15-33-16-14-30/h2-8,17H,9-16H2,1H3,(H,27,31). The number of hydrazine groups is 1. The van der Waals surface area contributed by atoms with Crippen molar-refractivity contribution in [1.29, 1.82) is 0 Å². The molecule has 0 radical (unpaired) electrons. The van der Waals surface area contributed by atoms with Crippen LogP contribution in [0.1, 0.15) is 10.5 Å². The van der Waals surface area contributed by atoms with Gasteiger partial charge < -0.3 is 19.3 Å². The Hall–Kier alpha value is -3.43. The molecule has 5 rings (SSSR count). The first-order chi connectivity index (χ1) is 16.2. The maximum absolute atomic E-state index is 12.9. The van der Waals surface area contributed by atoms with Crippen molar-refractivity contribution in [3.05, 3.63) is 54.2 Å². The number of anilines is 2. The van der Waals surface area contributed by atoms with Gasteiger partial charge in [0.25, 0.3) is 5.91 Å². The van der Waals surface area contributed by atoms with Gasteiger partial charge >= 0.3 is 0 Å². The SMILES string of the molecule is COc1cccc(N2CCN(c3nnc(C(=O)NN4CCOCC4)c4ccccc34)CC2)c1. The molecular weight excluding hydrogens is 420 g/mol. The number of fused-ring (bicyclic) bond motifs is 1. The number of benzene rings is 2. The van der Waals surface area contributed by atoms with E-state index in [1.807, 2.05) is 41.4 Å². The molecule has 33 heavy (non-hydrogen) atoms. The van der Waals surface area contributed by atoms with Crippen molar-refractivity contribution in [2.24, 2.45) is 0 Å². The molecule has 1 aromatic heterocycles. The number of morpholine rings is 1. The molecule has 2 aliphatic heterocycles. The minimum atomic E-state index is -0.241. The molecule has 3 aromatic rings. The molecule has 1 amide bonds. The first kappa shape index (κ1) is 21.4. The van der Waals surface area contributed by atoms with Gasteiger partial charge in [0.1, 0.15) is 5.75 Å². The van der Waals surface area contributed by atoms with Gasteiger partial charge in [-0.05, 0) is 12.1 Å². The Morgan fingerprint density at radius 1 is 0.909 bits per heavy atom. The molecule has 0 unspecified atom stereocenters. The molecule has 2 aromatic carbocycles. The van der Waals surface area contributed by atoms with Gasteiger partial charge in [0, 0.05) is 61.8 Å². The third-order valence-corrected chi connectivity index (χ3v) is 6.15. The number of aromatic nitrogens is 2. The number of carbonyl (C=O) groups is 1. The molecule has 2 aliphatic rings. The normalized spacial score (nSPS) is 17.2. The molecule has 1 N–H and O–H groups in total.